The number of rotatable bonds is 4. The van der Waals surface area contributed by atoms with E-state index in [2.05, 4.69) is 21.2 Å². The van der Waals surface area contributed by atoms with Gasteiger partial charge in [-0.05, 0) is 76.7 Å². The van der Waals surface area contributed by atoms with Gasteiger partial charge in [0.15, 0.2) is 6.61 Å². The fourth-order valence-electron chi connectivity index (χ4n) is 2.83. The second kappa shape index (κ2) is 6.71. The third-order valence-corrected chi connectivity index (χ3v) is 4.59. The molecule has 0 saturated carbocycles. The summed E-state index contributed by atoms with van der Waals surface area (Å²) in [6.07, 6.45) is 1.64. The number of halogens is 2. The number of benzene rings is 2. The summed E-state index contributed by atoms with van der Waals surface area (Å²) < 4.78 is 19.7. The lowest BCUT2D eigenvalue weighted by molar-refractivity contribution is -0.123. The van der Waals surface area contributed by atoms with E-state index in [0.29, 0.717) is 5.75 Å². The molecule has 1 atom stereocenters. The van der Waals surface area contributed by atoms with Crippen LogP contribution < -0.4 is 10.1 Å². The quantitative estimate of drug-likeness (QED) is 0.871. The van der Waals surface area contributed by atoms with Crippen molar-refractivity contribution in [2.45, 2.75) is 25.8 Å². The molecule has 3 rings (SSSR count). The molecule has 0 saturated heterocycles. The van der Waals surface area contributed by atoms with Crippen LogP contribution in [-0.4, -0.2) is 12.5 Å². The zero-order chi connectivity index (χ0) is 16.4. The van der Waals surface area contributed by atoms with E-state index in [-0.39, 0.29) is 24.4 Å². The Hall–Kier alpha value is -1.88. The number of hydrogen-bond acceptors (Lipinski definition) is 2. The van der Waals surface area contributed by atoms with Crippen molar-refractivity contribution < 1.29 is 13.9 Å². The summed E-state index contributed by atoms with van der Waals surface area (Å²) in [7, 11) is 0. The molecule has 0 aliphatic heterocycles. The largest absolute Gasteiger partial charge is 0.483 e. The van der Waals surface area contributed by atoms with Gasteiger partial charge in [0.1, 0.15) is 11.6 Å². The first-order valence-corrected chi connectivity index (χ1v) is 8.29. The van der Waals surface area contributed by atoms with Gasteiger partial charge in [0, 0.05) is 0 Å². The van der Waals surface area contributed by atoms with E-state index in [1.807, 2.05) is 25.1 Å². The van der Waals surface area contributed by atoms with Gasteiger partial charge in [-0.3, -0.25) is 4.79 Å². The molecule has 1 aliphatic carbocycles. The Kier molecular flexibility index (Phi) is 4.66. The maximum atomic E-state index is 13.4. The molecule has 1 amide bonds. The molecule has 2 aromatic carbocycles. The zero-order valence-electron chi connectivity index (χ0n) is 12.7. The lowest BCUT2D eigenvalue weighted by Crippen LogP contribution is -2.31. The first-order chi connectivity index (χ1) is 11.0. The number of fused-ring (bicyclic) bond motifs is 1. The van der Waals surface area contributed by atoms with Gasteiger partial charge >= 0.3 is 0 Å². The molecule has 2 aromatic rings. The van der Waals surface area contributed by atoms with Gasteiger partial charge in [-0.15, -0.1) is 0 Å². The molecule has 1 aliphatic rings. The van der Waals surface area contributed by atoms with Gasteiger partial charge in [-0.1, -0.05) is 12.1 Å². The third kappa shape index (κ3) is 3.72. The van der Waals surface area contributed by atoms with Gasteiger partial charge < -0.3 is 10.1 Å². The molecule has 0 spiro atoms. The van der Waals surface area contributed by atoms with Crippen LogP contribution in [0.25, 0.3) is 0 Å². The van der Waals surface area contributed by atoms with E-state index in [9.17, 15) is 9.18 Å². The van der Waals surface area contributed by atoms with Crippen molar-refractivity contribution in [2.24, 2.45) is 0 Å². The van der Waals surface area contributed by atoms with Crippen LogP contribution in [0.15, 0.2) is 40.9 Å². The summed E-state index contributed by atoms with van der Waals surface area (Å²) >= 11 is 3.42. The van der Waals surface area contributed by atoms with E-state index in [1.165, 1.54) is 12.1 Å². The Morgan fingerprint density at radius 2 is 2.17 bits per heavy atom. The molecule has 0 aromatic heterocycles. The Bertz CT molecular complexity index is 748. The lowest BCUT2D eigenvalue weighted by atomic mass is 10.1. The standard InChI is InChI=1S/C18H17BrFNO2/c1-11-2-7-17(15(19)8-11)23-10-18(22)21-16-6-4-12-3-5-13(20)9-14(12)16/h2-3,5,7-9,16H,4,6,10H2,1H3,(H,21,22). The Morgan fingerprint density at radius 1 is 1.35 bits per heavy atom. The molecule has 120 valence electrons. The van der Waals surface area contributed by atoms with Crippen LogP contribution in [0, 0.1) is 12.7 Å². The van der Waals surface area contributed by atoms with Crippen molar-refractivity contribution in [1.29, 1.82) is 0 Å². The lowest BCUT2D eigenvalue weighted by Gasteiger charge is -2.15. The molecule has 1 unspecified atom stereocenters. The molecule has 0 radical (unpaired) electrons. The number of carbonyl (C=O) groups excluding carboxylic acids is 1. The van der Waals surface area contributed by atoms with Gasteiger partial charge in [0.2, 0.25) is 0 Å². The number of hydrogen-bond donors (Lipinski definition) is 1. The smallest absolute Gasteiger partial charge is 0.258 e. The molecule has 1 N–H and O–H groups in total. The summed E-state index contributed by atoms with van der Waals surface area (Å²) in [5, 5.41) is 2.92. The maximum absolute atomic E-state index is 13.4. The minimum atomic E-state index is -0.273. The molecule has 3 nitrogen and oxygen atoms in total. The molecular formula is C18H17BrFNO2. The van der Waals surface area contributed by atoms with Gasteiger partial charge in [-0.25, -0.2) is 4.39 Å². The number of aryl methyl sites for hydroxylation is 2. The summed E-state index contributed by atoms with van der Waals surface area (Å²) in [5.74, 6) is 0.146. The third-order valence-electron chi connectivity index (χ3n) is 3.97. The molecule has 0 fully saturated rings. The Balaban J connectivity index is 1.60. The number of nitrogens with one attached hydrogen (secondary N) is 1. The molecule has 23 heavy (non-hydrogen) atoms. The highest BCUT2D eigenvalue weighted by atomic mass is 79.9. The first-order valence-electron chi connectivity index (χ1n) is 7.49. The van der Waals surface area contributed by atoms with Crippen molar-refractivity contribution in [3.05, 3.63) is 63.4 Å². The van der Waals surface area contributed by atoms with Gasteiger partial charge in [-0.2, -0.15) is 0 Å². The fourth-order valence-corrected chi connectivity index (χ4v) is 3.43. The minimum Gasteiger partial charge on any atom is -0.483 e. The van der Waals surface area contributed by atoms with Crippen molar-refractivity contribution in [3.8, 4) is 5.75 Å². The van der Waals surface area contributed by atoms with Crippen molar-refractivity contribution >= 4 is 21.8 Å². The van der Waals surface area contributed by atoms with Crippen molar-refractivity contribution in [2.75, 3.05) is 6.61 Å². The van der Waals surface area contributed by atoms with E-state index in [0.717, 1.165) is 34.0 Å². The van der Waals surface area contributed by atoms with Gasteiger partial charge in [0.25, 0.3) is 5.91 Å². The van der Waals surface area contributed by atoms with Crippen LogP contribution in [0.4, 0.5) is 4.39 Å². The van der Waals surface area contributed by atoms with E-state index in [4.69, 9.17) is 4.74 Å². The average Bonchev–Trinajstić information content (AvgIpc) is 2.88. The molecule has 0 bridgehead atoms. The predicted molar refractivity (Wildman–Crippen MR) is 90.0 cm³/mol. The average molecular weight is 378 g/mol. The van der Waals surface area contributed by atoms with Crippen LogP contribution in [-0.2, 0) is 11.2 Å². The van der Waals surface area contributed by atoms with E-state index < -0.39 is 0 Å². The molecule has 0 heterocycles. The number of amides is 1. The number of ether oxygens (including phenoxy) is 1. The summed E-state index contributed by atoms with van der Waals surface area (Å²) in [6, 6.07) is 10.3. The molecule has 5 heteroatoms. The summed E-state index contributed by atoms with van der Waals surface area (Å²) in [6.45, 7) is 1.92. The predicted octanol–water partition coefficient (Wildman–Crippen LogP) is 4.08. The van der Waals surface area contributed by atoms with Crippen molar-refractivity contribution in [1.82, 2.24) is 5.32 Å². The monoisotopic (exact) mass is 377 g/mol. The van der Waals surface area contributed by atoms with E-state index >= 15 is 0 Å². The second-order valence-electron chi connectivity index (χ2n) is 5.72. The van der Waals surface area contributed by atoms with E-state index in [1.54, 1.807) is 6.07 Å². The topological polar surface area (TPSA) is 38.3 Å². The SMILES string of the molecule is Cc1ccc(OCC(=O)NC2CCc3ccc(F)cc32)c(Br)c1. The van der Waals surface area contributed by atoms with Crippen LogP contribution in [0.3, 0.4) is 0 Å². The van der Waals surface area contributed by atoms with Crippen molar-refractivity contribution in [3.63, 3.8) is 0 Å². The number of carbonyl (C=O) groups is 1. The Morgan fingerprint density at radius 3 is 2.96 bits per heavy atom. The Labute approximate surface area is 143 Å². The maximum Gasteiger partial charge on any atom is 0.258 e. The summed E-state index contributed by atoms with van der Waals surface area (Å²) in [5.41, 5.74) is 3.08. The van der Waals surface area contributed by atoms with Crippen LogP contribution in [0.1, 0.15) is 29.2 Å². The second-order valence-corrected chi connectivity index (χ2v) is 6.58. The van der Waals surface area contributed by atoms with Crippen LogP contribution in [0.2, 0.25) is 0 Å². The first kappa shape index (κ1) is 16.0. The minimum absolute atomic E-state index is 0.0667. The zero-order valence-corrected chi connectivity index (χ0v) is 14.3. The summed E-state index contributed by atoms with van der Waals surface area (Å²) in [4.78, 5) is 12.1. The molecular weight excluding hydrogens is 361 g/mol. The van der Waals surface area contributed by atoms with Gasteiger partial charge in [0.05, 0.1) is 10.5 Å². The highest BCUT2D eigenvalue weighted by molar-refractivity contribution is 9.10. The van der Waals surface area contributed by atoms with Crippen LogP contribution in [0.5, 0.6) is 5.75 Å². The van der Waals surface area contributed by atoms with Crippen LogP contribution >= 0.6 is 15.9 Å². The highest BCUT2D eigenvalue weighted by Crippen LogP contribution is 2.31. The highest BCUT2D eigenvalue weighted by Gasteiger charge is 2.24. The normalized spacial score (nSPS) is 16.0. The fraction of sp³-hybridized carbons (Fsp3) is 0.278.